The van der Waals surface area contributed by atoms with E-state index in [9.17, 15) is 8.42 Å². The van der Waals surface area contributed by atoms with E-state index in [2.05, 4.69) is 5.10 Å². The minimum absolute atomic E-state index is 0.0451. The third-order valence-electron chi connectivity index (χ3n) is 2.10. The normalized spacial score (nSPS) is 11.9. The maximum atomic E-state index is 11.4. The van der Waals surface area contributed by atoms with Crippen LogP contribution in [0.1, 0.15) is 32.4 Å². The van der Waals surface area contributed by atoms with Crippen molar-refractivity contribution >= 4 is 19.7 Å². The first kappa shape index (κ1) is 14.5. The molecular weight excluding hydrogens is 264 g/mol. The average Bonchev–Trinajstić information content (AvgIpc) is 2.62. The predicted octanol–water partition coefficient (Wildman–Crippen LogP) is 2.15. The summed E-state index contributed by atoms with van der Waals surface area (Å²) in [6.07, 6.45) is 3.20. The molecule has 0 amide bonds. The molecule has 1 aromatic heterocycles. The summed E-state index contributed by atoms with van der Waals surface area (Å²) in [5.74, 6) is 0. The first-order valence-corrected chi connectivity index (χ1v) is 7.88. The topological polar surface area (TPSA) is 61.2 Å². The smallest absolute Gasteiger partial charge is 0.264 e. The Hall–Kier alpha value is -0.590. The fourth-order valence-corrected chi connectivity index (χ4v) is 2.42. The molecule has 0 spiro atoms. The molecule has 0 unspecified atom stereocenters. The largest absolute Gasteiger partial charge is 0.375 e. The van der Waals surface area contributed by atoms with E-state index in [0.29, 0.717) is 18.8 Å². The van der Waals surface area contributed by atoms with Gasteiger partial charge in [0, 0.05) is 30.0 Å². The number of halogens is 1. The zero-order chi connectivity index (χ0) is 12.9. The minimum atomic E-state index is -3.76. The van der Waals surface area contributed by atoms with E-state index >= 15 is 0 Å². The second-order valence-corrected chi connectivity index (χ2v) is 6.23. The van der Waals surface area contributed by atoms with Crippen molar-refractivity contribution in [3.8, 4) is 0 Å². The fourth-order valence-electron chi connectivity index (χ4n) is 1.40. The minimum Gasteiger partial charge on any atom is -0.375 e. The Morgan fingerprint density at radius 3 is 2.65 bits per heavy atom. The quantitative estimate of drug-likeness (QED) is 0.567. The Morgan fingerprint density at radius 2 is 2.12 bits per heavy atom. The van der Waals surface area contributed by atoms with Gasteiger partial charge in [0.05, 0.1) is 6.61 Å². The van der Waals surface area contributed by atoms with Crippen LogP contribution in [0.5, 0.6) is 0 Å². The number of aromatic nitrogens is 2. The van der Waals surface area contributed by atoms with Gasteiger partial charge in [-0.3, -0.25) is 4.68 Å². The van der Waals surface area contributed by atoms with Crippen LogP contribution in [0.25, 0.3) is 0 Å². The summed E-state index contributed by atoms with van der Waals surface area (Å²) >= 11 is 0. The van der Waals surface area contributed by atoms with Gasteiger partial charge in [0.1, 0.15) is 10.6 Å². The molecule has 5 nitrogen and oxygen atoms in total. The summed E-state index contributed by atoms with van der Waals surface area (Å²) in [6.45, 7) is 5.38. The molecule has 0 saturated heterocycles. The van der Waals surface area contributed by atoms with E-state index in [1.165, 1.54) is 6.20 Å². The zero-order valence-corrected chi connectivity index (χ0v) is 11.6. The highest BCUT2D eigenvalue weighted by atomic mass is 35.7. The fraction of sp³-hybridized carbons (Fsp3) is 0.700. The molecular formula is C10H17ClN2O3S. The van der Waals surface area contributed by atoms with Crippen LogP contribution in [0.4, 0.5) is 0 Å². The first-order chi connectivity index (χ1) is 7.99. The maximum absolute atomic E-state index is 11.4. The Morgan fingerprint density at radius 1 is 1.41 bits per heavy atom. The summed E-state index contributed by atoms with van der Waals surface area (Å²) in [5.41, 5.74) is 0.377. The standard InChI is InChI=1S/C10H17ClN2O3S/c1-3-5-13-7-10(17(11,14)15)9(12-13)8-16-6-4-2/h7H,3-6,8H2,1-2H3. The van der Waals surface area contributed by atoms with E-state index in [-0.39, 0.29) is 11.5 Å². The zero-order valence-electron chi connectivity index (χ0n) is 10.0. The van der Waals surface area contributed by atoms with Crippen molar-refractivity contribution in [2.24, 2.45) is 0 Å². The molecule has 0 bridgehead atoms. The molecule has 0 fully saturated rings. The lowest BCUT2D eigenvalue weighted by molar-refractivity contribution is 0.117. The molecule has 0 aliphatic carbocycles. The Labute approximate surface area is 106 Å². The number of hydrogen-bond donors (Lipinski definition) is 0. The van der Waals surface area contributed by atoms with Gasteiger partial charge < -0.3 is 4.74 Å². The highest BCUT2D eigenvalue weighted by Gasteiger charge is 2.20. The van der Waals surface area contributed by atoms with Crippen molar-refractivity contribution in [2.75, 3.05) is 6.61 Å². The van der Waals surface area contributed by atoms with Gasteiger partial charge in [0.15, 0.2) is 0 Å². The van der Waals surface area contributed by atoms with Gasteiger partial charge in [0.25, 0.3) is 9.05 Å². The highest BCUT2D eigenvalue weighted by Crippen LogP contribution is 2.20. The van der Waals surface area contributed by atoms with Crippen molar-refractivity contribution in [3.05, 3.63) is 11.9 Å². The Balaban J connectivity index is 2.92. The molecule has 7 heteroatoms. The van der Waals surface area contributed by atoms with E-state index in [1.54, 1.807) is 4.68 Å². The van der Waals surface area contributed by atoms with E-state index in [1.807, 2.05) is 13.8 Å². The lowest BCUT2D eigenvalue weighted by Crippen LogP contribution is -2.01. The lowest BCUT2D eigenvalue weighted by Gasteiger charge is -2.00. The second kappa shape index (κ2) is 6.37. The molecule has 0 aliphatic heterocycles. The molecule has 1 heterocycles. The third-order valence-corrected chi connectivity index (χ3v) is 3.47. The molecule has 98 valence electrons. The Kier molecular flexibility index (Phi) is 5.42. The van der Waals surface area contributed by atoms with Crippen LogP contribution in [-0.2, 0) is 26.9 Å². The number of rotatable bonds is 7. The van der Waals surface area contributed by atoms with Gasteiger partial charge in [-0.15, -0.1) is 0 Å². The number of ether oxygens (including phenoxy) is 1. The molecule has 1 rings (SSSR count). The molecule has 1 aromatic rings. The lowest BCUT2D eigenvalue weighted by atomic mass is 10.4. The molecule has 0 aromatic carbocycles. The van der Waals surface area contributed by atoms with Gasteiger partial charge in [-0.25, -0.2) is 8.42 Å². The van der Waals surface area contributed by atoms with Crippen LogP contribution in [0.2, 0.25) is 0 Å². The summed E-state index contributed by atoms with van der Waals surface area (Å²) in [6, 6.07) is 0. The van der Waals surface area contributed by atoms with Gasteiger partial charge in [-0.2, -0.15) is 5.10 Å². The number of nitrogens with zero attached hydrogens (tertiary/aromatic N) is 2. The van der Waals surface area contributed by atoms with E-state index < -0.39 is 9.05 Å². The summed E-state index contributed by atoms with van der Waals surface area (Å²) in [5, 5.41) is 4.17. The number of aryl methyl sites for hydroxylation is 1. The number of hydrogen-bond acceptors (Lipinski definition) is 4. The third kappa shape index (κ3) is 4.29. The van der Waals surface area contributed by atoms with Crippen molar-refractivity contribution in [1.82, 2.24) is 9.78 Å². The molecule has 0 radical (unpaired) electrons. The van der Waals surface area contributed by atoms with E-state index in [0.717, 1.165) is 12.8 Å². The highest BCUT2D eigenvalue weighted by molar-refractivity contribution is 8.13. The summed E-state index contributed by atoms with van der Waals surface area (Å²) in [7, 11) is 1.59. The van der Waals surface area contributed by atoms with Crippen molar-refractivity contribution in [1.29, 1.82) is 0 Å². The van der Waals surface area contributed by atoms with Crippen LogP contribution in [0.3, 0.4) is 0 Å². The van der Waals surface area contributed by atoms with Crippen LogP contribution in [0, 0.1) is 0 Å². The van der Waals surface area contributed by atoms with Crippen LogP contribution in [0.15, 0.2) is 11.1 Å². The van der Waals surface area contributed by atoms with Gasteiger partial charge in [-0.1, -0.05) is 13.8 Å². The SMILES string of the molecule is CCCOCc1nn(CCC)cc1S(=O)(=O)Cl. The van der Waals surface area contributed by atoms with Gasteiger partial charge in [0.2, 0.25) is 0 Å². The summed E-state index contributed by atoms with van der Waals surface area (Å²) < 4.78 is 29.6. The van der Waals surface area contributed by atoms with Crippen LogP contribution < -0.4 is 0 Å². The first-order valence-electron chi connectivity index (χ1n) is 5.57. The van der Waals surface area contributed by atoms with Crippen molar-refractivity contribution in [3.63, 3.8) is 0 Å². The second-order valence-electron chi connectivity index (χ2n) is 3.69. The van der Waals surface area contributed by atoms with Gasteiger partial charge in [-0.05, 0) is 12.8 Å². The maximum Gasteiger partial charge on any atom is 0.264 e. The monoisotopic (exact) mass is 280 g/mol. The molecule has 0 N–H and O–H groups in total. The Bertz CT molecular complexity index is 456. The van der Waals surface area contributed by atoms with E-state index in [4.69, 9.17) is 15.4 Å². The van der Waals surface area contributed by atoms with Crippen molar-refractivity contribution < 1.29 is 13.2 Å². The van der Waals surface area contributed by atoms with Crippen molar-refractivity contribution in [2.45, 2.75) is 44.7 Å². The van der Waals surface area contributed by atoms with Crippen LogP contribution in [-0.4, -0.2) is 24.8 Å². The average molecular weight is 281 g/mol. The van der Waals surface area contributed by atoms with Gasteiger partial charge >= 0.3 is 0 Å². The predicted molar refractivity (Wildman–Crippen MR) is 65.5 cm³/mol. The summed E-state index contributed by atoms with van der Waals surface area (Å²) in [4.78, 5) is 0.0451. The molecule has 17 heavy (non-hydrogen) atoms. The molecule has 0 saturated carbocycles. The molecule has 0 atom stereocenters. The van der Waals surface area contributed by atoms with Crippen LogP contribution >= 0.6 is 10.7 Å². The molecule has 0 aliphatic rings.